The summed E-state index contributed by atoms with van der Waals surface area (Å²) < 4.78 is 5.03. The Morgan fingerprint density at radius 3 is 2.55 bits per heavy atom. The van der Waals surface area contributed by atoms with Gasteiger partial charge in [-0.25, -0.2) is 0 Å². The van der Waals surface area contributed by atoms with Gasteiger partial charge < -0.3 is 4.74 Å². The Bertz CT molecular complexity index is 152. The first-order valence-corrected chi connectivity index (χ1v) is 4.37. The minimum Gasteiger partial charge on any atom is -0.461 e. The molecule has 1 aliphatic heterocycles. The Morgan fingerprint density at radius 1 is 1.55 bits per heavy atom. The summed E-state index contributed by atoms with van der Waals surface area (Å²) in [5, 5.41) is 0. The molecule has 2 atom stereocenters. The Kier molecular flexibility index (Phi) is 2.53. The fourth-order valence-corrected chi connectivity index (χ4v) is 1.56. The minimum atomic E-state index is 0.00514. The number of esters is 1. The summed E-state index contributed by atoms with van der Waals surface area (Å²) in [6, 6.07) is 0. The molecular formula is C9H16O2. The predicted octanol–water partition coefficient (Wildman–Crippen LogP) is 1.98. The van der Waals surface area contributed by atoms with E-state index in [0.717, 1.165) is 12.8 Å². The lowest BCUT2D eigenvalue weighted by Gasteiger charge is -2.37. The second kappa shape index (κ2) is 3.24. The maximum atomic E-state index is 10.9. The van der Waals surface area contributed by atoms with Gasteiger partial charge in [-0.05, 0) is 12.3 Å². The van der Waals surface area contributed by atoms with Crippen LogP contribution >= 0.6 is 0 Å². The smallest absolute Gasteiger partial charge is 0.313 e. The van der Waals surface area contributed by atoms with Crippen LogP contribution in [0.15, 0.2) is 0 Å². The third-order valence-electron chi connectivity index (χ3n) is 2.21. The number of cyclic esters (lactones) is 1. The van der Waals surface area contributed by atoms with E-state index in [-0.39, 0.29) is 18.0 Å². The average Bonchev–Trinajstić information content (AvgIpc) is 1.95. The highest BCUT2D eigenvalue weighted by atomic mass is 16.6. The van der Waals surface area contributed by atoms with Gasteiger partial charge in [0.2, 0.25) is 0 Å². The summed E-state index contributed by atoms with van der Waals surface area (Å²) in [6.45, 7) is 6.29. The van der Waals surface area contributed by atoms with Crippen LogP contribution in [-0.2, 0) is 9.53 Å². The van der Waals surface area contributed by atoms with Gasteiger partial charge in [0.15, 0.2) is 0 Å². The highest BCUT2D eigenvalue weighted by Crippen LogP contribution is 2.31. The van der Waals surface area contributed by atoms with Crippen molar-refractivity contribution in [3.05, 3.63) is 0 Å². The van der Waals surface area contributed by atoms with Gasteiger partial charge in [0.25, 0.3) is 0 Å². The Morgan fingerprint density at radius 2 is 2.18 bits per heavy atom. The summed E-state index contributed by atoms with van der Waals surface area (Å²) >= 11 is 0. The fraction of sp³-hybridized carbons (Fsp3) is 0.889. The fourth-order valence-electron chi connectivity index (χ4n) is 1.56. The summed E-state index contributed by atoms with van der Waals surface area (Å²) in [5.41, 5.74) is 0. The van der Waals surface area contributed by atoms with Crippen molar-refractivity contribution in [2.24, 2.45) is 11.8 Å². The van der Waals surface area contributed by atoms with E-state index in [4.69, 9.17) is 4.74 Å². The lowest BCUT2D eigenvalue weighted by atomic mass is 9.85. The zero-order chi connectivity index (χ0) is 8.43. The predicted molar refractivity (Wildman–Crippen MR) is 43.1 cm³/mol. The van der Waals surface area contributed by atoms with Crippen LogP contribution in [0.4, 0.5) is 0 Å². The summed E-state index contributed by atoms with van der Waals surface area (Å²) in [6.07, 6.45) is 2.26. The van der Waals surface area contributed by atoms with Crippen molar-refractivity contribution in [2.45, 2.75) is 39.7 Å². The quantitative estimate of drug-likeness (QED) is 0.584. The van der Waals surface area contributed by atoms with Crippen molar-refractivity contribution >= 4 is 5.97 Å². The van der Waals surface area contributed by atoms with Crippen molar-refractivity contribution in [2.75, 3.05) is 0 Å². The molecule has 0 spiro atoms. The highest BCUT2D eigenvalue weighted by Gasteiger charge is 2.42. The molecule has 11 heavy (non-hydrogen) atoms. The number of carbonyl (C=O) groups is 1. The molecule has 0 aromatic rings. The lowest BCUT2D eigenvalue weighted by Crippen LogP contribution is -2.47. The van der Waals surface area contributed by atoms with Gasteiger partial charge in [-0.2, -0.15) is 0 Å². The highest BCUT2D eigenvalue weighted by molar-refractivity contribution is 5.78. The third kappa shape index (κ3) is 1.55. The van der Waals surface area contributed by atoms with E-state index in [1.54, 1.807) is 0 Å². The van der Waals surface area contributed by atoms with Crippen LogP contribution in [0.1, 0.15) is 33.6 Å². The molecular weight excluding hydrogens is 140 g/mol. The molecule has 0 unspecified atom stereocenters. The Hall–Kier alpha value is -0.530. The van der Waals surface area contributed by atoms with Gasteiger partial charge in [0.1, 0.15) is 6.10 Å². The Labute approximate surface area is 67.9 Å². The van der Waals surface area contributed by atoms with E-state index < -0.39 is 0 Å². The van der Waals surface area contributed by atoms with Crippen LogP contribution in [0.25, 0.3) is 0 Å². The van der Waals surface area contributed by atoms with Gasteiger partial charge in [-0.15, -0.1) is 0 Å². The van der Waals surface area contributed by atoms with E-state index in [1.807, 2.05) is 0 Å². The van der Waals surface area contributed by atoms with Crippen molar-refractivity contribution in [1.82, 2.24) is 0 Å². The van der Waals surface area contributed by atoms with Crippen molar-refractivity contribution in [3.63, 3.8) is 0 Å². The first kappa shape index (κ1) is 8.57. The average molecular weight is 156 g/mol. The molecule has 0 bridgehead atoms. The van der Waals surface area contributed by atoms with Crippen molar-refractivity contribution in [1.29, 1.82) is 0 Å². The molecule has 0 radical (unpaired) electrons. The SMILES string of the molecule is CCC[C@H]1C(=O)O[C@@H]1C(C)C. The molecule has 0 amide bonds. The summed E-state index contributed by atoms with van der Waals surface area (Å²) in [5.74, 6) is 0.676. The largest absolute Gasteiger partial charge is 0.461 e. The third-order valence-corrected chi connectivity index (χ3v) is 2.21. The zero-order valence-corrected chi connectivity index (χ0v) is 7.46. The first-order chi connectivity index (χ1) is 5.16. The van der Waals surface area contributed by atoms with Crippen LogP contribution in [0, 0.1) is 11.8 Å². The van der Waals surface area contributed by atoms with E-state index in [1.165, 1.54) is 0 Å². The molecule has 64 valence electrons. The second-order valence-electron chi connectivity index (χ2n) is 3.54. The molecule has 1 aliphatic rings. The van der Waals surface area contributed by atoms with E-state index in [2.05, 4.69) is 20.8 Å². The van der Waals surface area contributed by atoms with Gasteiger partial charge in [0, 0.05) is 0 Å². The number of carbonyl (C=O) groups excluding carboxylic acids is 1. The lowest BCUT2D eigenvalue weighted by molar-refractivity contribution is -0.190. The summed E-state index contributed by atoms with van der Waals surface area (Å²) in [4.78, 5) is 10.9. The van der Waals surface area contributed by atoms with Crippen LogP contribution in [0.5, 0.6) is 0 Å². The van der Waals surface area contributed by atoms with Gasteiger partial charge in [0.05, 0.1) is 5.92 Å². The van der Waals surface area contributed by atoms with Crippen LogP contribution in [-0.4, -0.2) is 12.1 Å². The van der Waals surface area contributed by atoms with Crippen LogP contribution in [0.3, 0.4) is 0 Å². The molecule has 1 fully saturated rings. The Balaban J connectivity index is 2.41. The molecule has 0 aromatic heterocycles. The summed E-state index contributed by atoms with van der Waals surface area (Å²) in [7, 11) is 0. The number of ether oxygens (including phenoxy) is 1. The zero-order valence-electron chi connectivity index (χ0n) is 7.46. The van der Waals surface area contributed by atoms with E-state index in [9.17, 15) is 4.79 Å². The molecule has 1 heterocycles. The topological polar surface area (TPSA) is 26.3 Å². The van der Waals surface area contributed by atoms with Crippen LogP contribution in [0.2, 0.25) is 0 Å². The van der Waals surface area contributed by atoms with Gasteiger partial charge in [-0.1, -0.05) is 27.2 Å². The number of hydrogen-bond acceptors (Lipinski definition) is 2. The van der Waals surface area contributed by atoms with Crippen LogP contribution < -0.4 is 0 Å². The molecule has 0 N–H and O–H groups in total. The van der Waals surface area contributed by atoms with E-state index in [0.29, 0.717) is 5.92 Å². The molecule has 0 aliphatic carbocycles. The molecule has 2 nitrogen and oxygen atoms in total. The van der Waals surface area contributed by atoms with Gasteiger partial charge in [-0.3, -0.25) is 4.79 Å². The number of rotatable bonds is 3. The monoisotopic (exact) mass is 156 g/mol. The van der Waals surface area contributed by atoms with Crippen molar-refractivity contribution in [3.8, 4) is 0 Å². The molecule has 1 rings (SSSR count). The van der Waals surface area contributed by atoms with Gasteiger partial charge >= 0.3 is 5.97 Å². The number of hydrogen-bond donors (Lipinski definition) is 0. The molecule has 0 aromatic carbocycles. The standard InChI is InChI=1S/C9H16O2/c1-4-5-7-8(6(2)3)11-9(7)10/h6-8H,4-5H2,1-3H3/t7-,8-/m1/s1. The second-order valence-corrected chi connectivity index (χ2v) is 3.54. The molecule has 2 heteroatoms. The molecule has 1 saturated heterocycles. The first-order valence-electron chi connectivity index (χ1n) is 4.37. The maximum Gasteiger partial charge on any atom is 0.313 e. The minimum absolute atomic E-state index is 0.00514. The van der Waals surface area contributed by atoms with Crippen molar-refractivity contribution < 1.29 is 9.53 Å². The maximum absolute atomic E-state index is 10.9. The van der Waals surface area contributed by atoms with E-state index >= 15 is 0 Å². The normalized spacial score (nSPS) is 30.0. The molecule has 0 saturated carbocycles.